The Morgan fingerprint density at radius 2 is 2.00 bits per heavy atom. The Morgan fingerprint density at radius 3 is 2.64 bits per heavy atom. The number of hydrogen-bond donors (Lipinski definition) is 3. The molecular formula is C25H28F3N3O5. The van der Waals surface area contributed by atoms with Crippen molar-refractivity contribution >= 4 is 11.8 Å². The maximum Gasteiger partial charge on any atom is 0.402 e. The van der Waals surface area contributed by atoms with E-state index in [2.05, 4.69) is 17.0 Å². The fraction of sp³-hybridized carbons (Fsp3) is 0.360. The molecule has 1 aliphatic rings. The predicted molar refractivity (Wildman–Crippen MR) is 127 cm³/mol. The van der Waals surface area contributed by atoms with Crippen LogP contribution in [0.25, 0.3) is 0 Å². The normalized spacial score (nSPS) is 19.2. The molecule has 0 bridgehead atoms. The molecule has 0 saturated heterocycles. The first-order valence-electron chi connectivity index (χ1n) is 11.2. The Morgan fingerprint density at radius 1 is 1.25 bits per heavy atom. The summed E-state index contributed by atoms with van der Waals surface area (Å²) in [5, 5.41) is 8.90. The number of halogens is 3. The highest BCUT2D eigenvalue weighted by atomic mass is 19.4. The van der Waals surface area contributed by atoms with Gasteiger partial charge in [-0.15, -0.1) is 6.58 Å². The summed E-state index contributed by atoms with van der Waals surface area (Å²) in [7, 11) is 1.49. The van der Waals surface area contributed by atoms with Gasteiger partial charge in [-0.2, -0.15) is 13.2 Å². The molecule has 0 aromatic heterocycles. The molecular weight excluding hydrogens is 479 g/mol. The molecule has 2 aromatic rings. The molecule has 0 aliphatic carbocycles. The molecule has 8 nitrogen and oxygen atoms in total. The van der Waals surface area contributed by atoms with Crippen LogP contribution in [0.4, 0.5) is 13.2 Å². The van der Waals surface area contributed by atoms with Crippen LogP contribution in [0.2, 0.25) is 0 Å². The molecule has 1 aliphatic heterocycles. The summed E-state index contributed by atoms with van der Waals surface area (Å²) in [5.74, 6) is 0.412. The zero-order valence-electron chi connectivity index (χ0n) is 19.7. The van der Waals surface area contributed by atoms with E-state index >= 15 is 0 Å². The van der Waals surface area contributed by atoms with Crippen molar-refractivity contribution in [3.8, 4) is 11.5 Å². The highest BCUT2D eigenvalue weighted by Crippen LogP contribution is 2.43. The molecule has 0 radical (unpaired) electrons. The van der Waals surface area contributed by atoms with E-state index in [1.54, 1.807) is 48.5 Å². The fourth-order valence-corrected chi connectivity index (χ4v) is 3.67. The first-order chi connectivity index (χ1) is 17.2. The number of benzene rings is 2. The van der Waals surface area contributed by atoms with Gasteiger partial charge in [0.1, 0.15) is 18.0 Å². The van der Waals surface area contributed by atoms with Crippen molar-refractivity contribution in [2.75, 3.05) is 26.9 Å². The summed E-state index contributed by atoms with van der Waals surface area (Å²) in [4.78, 5) is 17.9. The van der Waals surface area contributed by atoms with Crippen molar-refractivity contribution in [2.45, 2.75) is 30.7 Å². The number of alkyl halides is 3. The van der Waals surface area contributed by atoms with Gasteiger partial charge in [-0.25, -0.2) is 10.4 Å². The van der Waals surface area contributed by atoms with Crippen LogP contribution >= 0.6 is 0 Å². The molecule has 3 rings (SSSR count). The van der Waals surface area contributed by atoms with Gasteiger partial charge in [-0.05, 0) is 42.0 Å². The average molecular weight is 508 g/mol. The molecule has 1 amide bonds. The largest absolute Gasteiger partial charge is 0.497 e. The van der Waals surface area contributed by atoms with Crippen molar-refractivity contribution in [1.82, 2.24) is 10.9 Å². The van der Waals surface area contributed by atoms with Crippen LogP contribution in [0.5, 0.6) is 11.5 Å². The van der Waals surface area contributed by atoms with Crippen LogP contribution in [0, 0.1) is 0 Å². The molecule has 3 N–H and O–H groups in total. The molecule has 2 aromatic carbocycles. The third kappa shape index (κ3) is 6.55. The first-order valence-corrected chi connectivity index (χ1v) is 11.2. The van der Waals surface area contributed by atoms with Crippen LogP contribution in [0.3, 0.4) is 0 Å². The van der Waals surface area contributed by atoms with E-state index in [0.29, 0.717) is 35.7 Å². The molecule has 0 unspecified atom stereocenters. The lowest BCUT2D eigenvalue weighted by Crippen LogP contribution is -2.54. The van der Waals surface area contributed by atoms with E-state index in [1.165, 1.54) is 13.2 Å². The van der Waals surface area contributed by atoms with Gasteiger partial charge in [0.05, 0.1) is 13.7 Å². The lowest BCUT2D eigenvalue weighted by Gasteiger charge is -2.30. The number of aliphatic hydroxyl groups excluding tert-OH is 1. The van der Waals surface area contributed by atoms with E-state index in [0.717, 1.165) is 0 Å². The van der Waals surface area contributed by atoms with Crippen LogP contribution in [0.1, 0.15) is 30.1 Å². The topological polar surface area (TPSA) is 101 Å². The Labute approximate surface area is 206 Å². The maximum atomic E-state index is 13.3. The van der Waals surface area contributed by atoms with E-state index in [1.807, 2.05) is 5.43 Å². The van der Waals surface area contributed by atoms with Crippen LogP contribution < -0.4 is 20.3 Å². The minimum atomic E-state index is -4.52. The van der Waals surface area contributed by atoms with Gasteiger partial charge in [0.25, 0.3) is 5.91 Å². The Hall–Kier alpha value is -3.57. The summed E-state index contributed by atoms with van der Waals surface area (Å²) >= 11 is 0. The number of nitrogens with one attached hydrogen (secondary N) is 2. The molecule has 0 fully saturated rings. The van der Waals surface area contributed by atoms with Gasteiger partial charge in [-0.3, -0.25) is 10.2 Å². The minimum Gasteiger partial charge on any atom is -0.497 e. The summed E-state index contributed by atoms with van der Waals surface area (Å²) in [6, 6.07) is 13.6. The number of hydrogen-bond acceptors (Lipinski definition) is 7. The lowest BCUT2D eigenvalue weighted by atomic mass is 9.84. The van der Waals surface area contributed by atoms with Crippen molar-refractivity contribution in [3.63, 3.8) is 0 Å². The smallest absolute Gasteiger partial charge is 0.402 e. The van der Waals surface area contributed by atoms with Gasteiger partial charge >= 0.3 is 6.18 Å². The van der Waals surface area contributed by atoms with Gasteiger partial charge in [0, 0.05) is 25.0 Å². The Bertz CT molecular complexity index is 1080. The van der Waals surface area contributed by atoms with Gasteiger partial charge in [0.2, 0.25) is 5.90 Å². The summed E-state index contributed by atoms with van der Waals surface area (Å²) < 4.78 is 54.9. The van der Waals surface area contributed by atoms with Crippen LogP contribution in [0.15, 0.2) is 66.2 Å². The monoisotopic (exact) mass is 507 g/mol. The van der Waals surface area contributed by atoms with E-state index < -0.39 is 30.3 Å². The number of hydrazine groups is 1. The molecule has 1 heterocycles. The number of amides is 1. The molecule has 0 spiro atoms. The third-order valence-electron chi connectivity index (χ3n) is 5.37. The second-order valence-electron chi connectivity index (χ2n) is 7.98. The van der Waals surface area contributed by atoms with Crippen molar-refractivity contribution in [2.24, 2.45) is 4.99 Å². The quantitative estimate of drug-likeness (QED) is 0.231. The molecule has 0 saturated carbocycles. The number of rotatable bonds is 12. The Kier molecular flexibility index (Phi) is 8.94. The predicted octanol–water partition coefficient (Wildman–Crippen LogP) is 3.47. The van der Waals surface area contributed by atoms with Gasteiger partial charge in [0.15, 0.2) is 11.6 Å². The summed E-state index contributed by atoms with van der Waals surface area (Å²) in [5.41, 5.74) is 3.50. The van der Waals surface area contributed by atoms with E-state index in [9.17, 15) is 18.0 Å². The maximum absolute atomic E-state index is 13.3. The van der Waals surface area contributed by atoms with Crippen molar-refractivity contribution in [3.05, 3.63) is 72.3 Å². The minimum absolute atomic E-state index is 0.0136. The number of methoxy groups -OCH3 is 1. The number of aliphatic imine (C=N–C) groups is 1. The zero-order valence-corrected chi connectivity index (χ0v) is 19.7. The van der Waals surface area contributed by atoms with Crippen molar-refractivity contribution in [1.29, 1.82) is 0 Å². The molecule has 2 atom stereocenters. The van der Waals surface area contributed by atoms with E-state index in [-0.39, 0.29) is 18.9 Å². The zero-order chi connectivity index (χ0) is 26.2. The highest BCUT2D eigenvalue weighted by molar-refractivity contribution is 6.01. The number of carbonyl (C=O) groups excluding carboxylic acids is 1. The summed E-state index contributed by atoms with van der Waals surface area (Å²) in [6.07, 6.45) is -3.56. The third-order valence-corrected chi connectivity index (χ3v) is 5.37. The second-order valence-corrected chi connectivity index (χ2v) is 7.98. The molecule has 36 heavy (non-hydrogen) atoms. The van der Waals surface area contributed by atoms with Crippen LogP contribution in [-0.2, 0) is 9.53 Å². The fourth-order valence-electron chi connectivity index (χ4n) is 3.67. The second kappa shape index (κ2) is 11.9. The van der Waals surface area contributed by atoms with Gasteiger partial charge in [-0.1, -0.05) is 18.2 Å². The first kappa shape index (κ1) is 27.0. The van der Waals surface area contributed by atoms with Gasteiger partial charge < -0.3 is 19.3 Å². The van der Waals surface area contributed by atoms with Crippen molar-refractivity contribution < 1.29 is 37.3 Å². The standard InChI is InChI=1S/C25H28F3N3O5/c1-3-12-24(23(33)31-29-16-25(26,27)28)21(18-6-4-7-20(15-18)34-2)36-22(30-24)17-8-10-19(11-9-17)35-14-5-13-32/h3-4,6-11,15,21,29,32H,1,5,12-14,16H2,2H3,(H,31,33)/t21-,24-/m0/s1. The number of nitrogens with zero attached hydrogens (tertiary/aromatic N) is 1. The lowest BCUT2D eigenvalue weighted by molar-refractivity contribution is -0.136. The highest BCUT2D eigenvalue weighted by Gasteiger charge is 2.52. The molecule has 194 valence electrons. The number of aliphatic hydroxyl groups is 1. The number of ether oxygens (including phenoxy) is 3. The average Bonchev–Trinajstić information content (AvgIpc) is 3.25. The summed E-state index contributed by atoms with van der Waals surface area (Å²) in [6.45, 7) is 2.66. The molecule has 11 heteroatoms. The van der Waals surface area contributed by atoms with Crippen LogP contribution in [-0.4, -0.2) is 55.5 Å². The number of carbonyl (C=O) groups is 1. The Balaban J connectivity index is 1.96. The van der Waals surface area contributed by atoms with E-state index in [4.69, 9.17) is 19.3 Å². The SMILES string of the molecule is C=CC[C@]1(C(=O)NNCC(F)(F)F)N=C(c2ccc(OCCCO)cc2)O[C@H]1c1cccc(OC)c1.